The van der Waals surface area contributed by atoms with Crippen molar-refractivity contribution >= 4 is 23.4 Å². The Balaban J connectivity index is 2.02. The Morgan fingerprint density at radius 1 is 1.48 bits per heavy atom. The Kier molecular flexibility index (Phi) is 4.88. The van der Waals surface area contributed by atoms with E-state index in [4.69, 9.17) is 11.6 Å². The van der Waals surface area contributed by atoms with Crippen molar-refractivity contribution in [3.8, 4) is 0 Å². The number of carbonyl (C=O) groups is 2. The normalized spacial score (nSPS) is 18.4. The third-order valence-corrected chi connectivity index (χ3v) is 4.36. The molecule has 1 aliphatic rings. The van der Waals surface area contributed by atoms with Gasteiger partial charge in [-0.25, -0.2) is 0 Å². The summed E-state index contributed by atoms with van der Waals surface area (Å²) in [4.78, 5) is 25.9. The van der Waals surface area contributed by atoms with E-state index in [9.17, 15) is 9.59 Å². The minimum Gasteiger partial charge on any atom is -0.350 e. The number of hydrogen-bond acceptors (Lipinski definition) is 2. The van der Waals surface area contributed by atoms with E-state index in [0.717, 1.165) is 11.1 Å². The van der Waals surface area contributed by atoms with E-state index in [1.165, 1.54) is 0 Å². The molecule has 4 nitrogen and oxygen atoms in total. The Morgan fingerprint density at radius 2 is 2.19 bits per heavy atom. The van der Waals surface area contributed by atoms with Crippen molar-refractivity contribution in [3.63, 3.8) is 0 Å². The van der Waals surface area contributed by atoms with E-state index < -0.39 is 0 Å². The van der Waals surface area contributed by atoms with Crippen LogP contribution in [0.1, 0.15) is 37.8 Å². The summed E-state index contributed by atoms with van der Waals surface area (Å²) in [6, 6.07) is 5.34. The van der Waals surface area contributed by atoms with Crippen molar-refractivity contribution in [2.45, 2.75) is 52.2 Å². The van der Waals surface area contributed by atoms with Crippen molar-refractivity contribution in [3.05, 3.63) is 34.3 Å². The molecule has 114 valence electrons. The van der Waals surface area contributed by atoms with Gasteiger partial charge in [-0.3, -0.25) is 9.59 Å². The summed E-state index contributed by atoms with van der Waals surface area (Å²) in [6.45, 7) is 6.24. The number of amides is 2. The van der Waals surface area contributed by atoms with Gasteiger partial charge in [0.25, 0.3) is 0 Å². The molecule has 0 spiro atoms. The maximum Gasteiger partial charge on any atom is 0.243 e. The number of rotatable bonds is 4. The first-order valence-electron chi connectivity index (χ1n) is 7.24. The molecule has 1 atom stereocenters. The Hall–Kier alpha value is -1.55. The lowest BCUT2D eigenvalue weighted by Gasteiger charge is -2.27. The van der Waals surface area contributed by atoms with E-state index >= 15 is 0 Å². The Morgan fingerprint density at radius 3 is 2.86 bits per heavy atom. The number of carbonyl (C=O) groups excluding carboxylic acids is 2. The Bertz CT molecular complexity index is 557. The van der Waals surface area contributed by atoms with Crippen LogP contribution in [0, 0.1) is 6.92 Å². The molecule has 1 heterocycles. The van der Waals surface area contributed by atoms with Gasteiger partial charge >= 0.3 is 0 Å². The average Bonchev–Trinajstić information content (AvgIpc) is 2.82. The maximum absolute atomic E-state index is 12.3. The van der Waals surface area contributed by atoms with Gasteiger partial charge in [-0.15, -0.1) is 0 Å². The second-order valence-corrected chi connectivity index (χ2v) is 6.10. The highest BCUT2D eigenvalue weighted by atomic mass is 35.5. The van der Waals surface area contributed by atoms with Crippen LogP contribution in [-0.2, 0) is 16.1 Å². The van der Waals surface area contributed by atoms with E-state index in [2.05, 4.69) is 5.32 Å². The molecule has 2 rings (SSSR count). The van der Waals surface area contributed by atoms with Gasteiger partial charge in [0.2, 0.25) is 11.8 Å². The largest absolute Gasteiger partial charge is 0.350 e. The predicted molar refractivity (Wildman–Crippen MR) is 83.0 cm³/mol. The third kappa shape index (κ3) is 3.38. The number of nitrogens with zero attached hydrogens (tertiary/aromatic N) is 1. The SMILES string of the molecule is Cc1c(Cl)cccc1CNC(=O)[C@@H]1CCC(=O)N1C(C)C. The molecule has 5 heteroatoms. The monoisotopic (exact) mass is 308 g/mol. The molecule has 1 saturated heterocycles. The molecule has 0 radical (unpaired) electrons. The minimum atomic E-state index is -0.350. The lowest BCUT2D eigenvalue weighted by Crippen LogP contribution is -2.47. The number of benzene rings is 1. The summed E-state index contributed by atoms with van der Waals surface area (Å²) in [6.07, 6.45) is 1.05. The number of hydrogen-bond donors (Lipinski definition) is 1. The van der Waals surface area contributed by atoms with Crippen LogP contribution < -0.4 is 5.32 Å². The van der Waals surface area contributed by atoms with Crippen molar-refractivity contribution in [2.24, 2.45) is 0 Å². The summed E-state index contributed by atoms with van der Waals surface area (Å²) < 4.78 is 0. The Labute approximate surface area is 130 Å². The highest BCUT2D eigenvalue weighted by Gasteiger charge is 2.37. The third-order valence-electron chi connectivity index (χ3n) is 3.95. The maximum atomic E-state index is 12.3. The van der Waals surface area contributed by atoms with E-state index in [-0.39, 0.29) is 23.9 Å². The van der Waals surface area contributed by atoms with E-state index in [0.29, 0.717) is 24.4 Å². The highest BCUT2D eigenvalue weighted by molar-refractivity contribution is 6.31. The molecule has 0 saturated carbocycles. The van der Waals surface area contributed by atoms with Crippen molar-refractivity contribution in [2.75, 3.05) is 0 Å². The molecular weight excluding hydrogens is 288 g/mol. The number of nitrogens with one attached hydrogen (secondary N) is 1. The second kappa shape index (κ2) is 6.48. The molecule has 0 aromatic heterocycles. The number of likely N-dealkylation sites (tertiary alicyclic amines) is 1. The summed E-state index contributed by atoms with van der Waals surface area (Å²) in [7, 11) is 0. The van der Waals surface area contributed by atoms with Crippen LogP contribution in [-0.4, -0.2) is 28.8 Å². The molecular formula is C16H21ClN2O2. The fourth-order valence-corrected chi connectivity index (χ4v) is 2.95. The highest BCUT2D eigenvalue weighted by Crippen LogP contribution is 2.22. The van der Waals surface area contributed by atoms with E-state index in [1.807, 2.05) is 39.0 Å². The van der Waals surface area contributed by atoms with Crippen molar-refractivity contribution in [1.82, 2.24) is 10.2 Å². The molecule has 1 N–H and O–H groups in total. The first-order chi connectivity index (χ1) is 9.91. The van der Waals surface area contributed by atoms with Crippen LogP contribution in [0.15, 0.2) is 18.2 Å². The van der Waals surface area contributed by atoms with Crippen LogP contribution in [0.5, 0.6) is 0 Å². The molecule has 0 bridgehead atoms. The fourth-order valence-electron chi connectivity index (χ4n) is 2.75. The van der Waals surface area contributed by atoms with Crippen LogP contribution in [0.25, 0.3) is 0 Å². The zero-order valence-electron chi connectivity index (χ0n) is 12.6. The van der Waals surface area contributed by atoms with Gasteiger partial charge in [0.05, 0.1) is 0 Å². The number of halogens is 1. The van der Waals surface area contributed by atoms with Gasteiger partial charge in [-0.05, 0) is 44.4 Å². The molecule has 1 fully saturated rings. The molecule has 0 unspecified atom stereocenters. The van der Waals surface area contributed by atoms with Crippen molar-refractivity contribution in [1.29, 1.82) is 0 Å². The fraction of sp³-hybridized carbons (Fsp3) is 0.500. The van der Waals surface area contributed by atoms with Gasteiger partial charge in [0.1, 0.15) is 6.04 Å². The molecule has 1 aliphatic heterocycles. The van der Waals surface area contributed by atoms with Gasteiger partial charge in [0, 0.05) is 24.0 Å². The van der Waals surface area contributed by atoms with E-state index in [1.54, 1.807) is 4.90 Å². The summed E-state index contributed by atoms with van der Waals surface area (Å²) in [5.41, 5.74) is 1.97. The summed E-state index contributed by atoms with van der Waals surface area (Å²) in [5.74, 6) is -0.0296. The standard InChI is InChI=1S/C16H21ClN2O2/c1-10(2)19-14(7-8-15(19)20)16(21)18-9-12-5-4-6-13(17)11(12)3/h4-6,10,14H,7-9H2,1-3H3,(H,18,21)/t14-/m0/s1. The topological polar surface area (TPSA) is 49.4 Å². The first-order valence-corrected chi connectivity index (χ1v) is 7.62. The lowest BCUT2D eigenvalue weighted by atomic mass is 10.1. The summed E-state index contributed by atoms with van der Waals surface area (Å²) >= 11 is 6.07. The minimum absolute atomic E-state index is 0.0451. The van der Waals surface area contributed by atoms with Gasteiger partial charge < -0.3 is 10.2 Å². The average molecular weight is 309 g/mol. The van der Waals surface area contributed by atoms with Crippen LogP contribution >= 0.6 is 11.6 Å². The quantitative estimate of drug-likeness (QED) is 0.929. The van der Waals surface area contributed by atoms with Crippen LogP contribution in [0.4, 0.5) is 0 Å². The van der Waals surface area contributed by atoms with Crippen molar-refractivity contribution < 1.29 is 9.59 Å². The first kappa shape index (κ1) is 15.8. The van der Waals surface area contributed by atoms with Gasteiger partial charge in [-0.1, -0.05) is 23.7 Å². The van der Waals surface area contributed by atoms with Crippen LogP contribution in [0.3, 0.4) is 0 Å². The lowest BCUT2D eigenvalue weighted by molar-refractivity contribution is -0.137. The summed E-state index contributed by atoms with van der Waals surface area (Å²) in [5, 5.41) is 3.62. The zero-order chi connectivity index (χ0) is 15.6. The molecule has 21 heavy (non-hydrogen) atoms. The van der Waals surface area contributed by atoms with Gasteiger partial charge in [0.15, 0.2) is 0 Å². The molecule has 0 aliphatic carbocycles. The predicted octanol–water partition coefficient (Wildman–Crippen LogP) is 2.66. The van der Waals surface area contributed by atoms with Crippen LogP contribution in [0.2, 0.25) is 5.02 Å². The molecule has 2 amide bonds. The second-order valence-electron chi connectivity index (χ2n) is 5.69. The zero-order valence-corrected chi connectivity index (χ0v) is 13.4. The van der Waals surface area contributed by atoms with Gasteiger partial charge in [-0.2, -0.15) is 0 Å². The molecule has 1 aromatic rings. The smallest absolute Gasteiger partial charge is 0.243 e. The molecule has 1 aromatic carbocycles.